The van der Waals surface area contributed by atoms with Crippen LogP contribution in [0.3, 0.4) is 0 Å². The standard InChI is InChI=1S/C14H19FN2O3/c1-3-4-5-13(15)14(18)16-10(2)11-6-8-12(9-7-11)17(19)20/h6-10,13H,3-5H2,1-2H3,(H,16,18)/t10-,13-/m0/s1. The third kappa shape index (κ3) is 4.60. The van der Waals surface area contributed by atoms with Crippen LogP contribution in [0.4, 0.5) is 10.1 Å². The molecule has 20 heavy (non-hydrogen) atoms. The SMILES string of the molecule is CCCC[C@H](F)C(=O)N[C@@H](C)c1ccc([N+](=O)[O-])cc1. The maximum Gasteiger partial charge on any atom is 0.269 e. The molecule has 0 saturated carbocycles. The number of carbonyl (C=O) groups excluding carboxylic acids is 1. The Bertz CT molecular complexity index is 462. The van der Waals surface area contributed by atoms with Crippen LogP contribution in [0.15, 0.2) is 24.3 Å². The fourth-order valence-electron chi connectivity index (χ4n) is 1.79. The molecule has 2 atom stereocenters. The van der Waals surface area contributed by atoms with Gasteiger partial charge in [-0.3, -0.25) is 14.9 Å². The van der Waals surface area contributed by atoms with Crippen LogP contribution in [0.25, 0.3) is 0 Å². The van der Waals surface area contributed by atoms with Gasteiger partial charge in [-0.05, 0) is 18.9 Å². The summed E-state index contributed by atoms with van der Waals surface area (Å²) in [6.45, 7) is 3.65. The van der Waals surface area contributed by atoms with Crippen molar-refractivity contribution >= 4 is 11.6 Å². The Morgan fingerprint density at radius 2 is 2.00 bits per heavy atom. The number of hydrogen-bond acceptors (Lipinski definition) is 3. The third-order valence-corrected chi connectivity index (χ3v) is 3.06. The second-order valence-corrected chi connectivity index (χ2v) is 4.69. The summed E-state index contributed by atoms with van der Waals surface area (Å²) in [5.74, 6) is -0.635. The summed E-state index contributed by atoms with van der Waals surface area (Å²) in [4.78, 5) is 21.7. The first-order valence-electron chi connectivity index (χ1n) is 6.64. The molecule has 0 fully saturated rings. The largest absolute Gasteiger partial charge is 0.347 e. The monoisotopic (exact) mass is 282 g/mol. The lowest BCUT2D eigenvalue weighted by atomic mass is 10.1. The number of nitro groups is 1. The Morgan fingerprint density at radius 3 is 2.50 bits per heavy atom. The number of nitro benzene ring substituents is 1. The van der Waals surface area contributed by atoms with Gasteiger partial charge < -0.3 is 5.32 Å². The van der Waals surface area contributed by atoms with Crippen molar-refractivity contribution in [2.24, 2.45) is 0 Å². The Labute approximate surface area is 117 Å². The Kier molecular flexibility index (Phi) is 6.09. The van der Waals surface area contributed by atoms with Gasteiger partial charge in [-0.1, -0.05) is 31.9 Å². The Balaban J connectivity index is 2.59. The molecule has 6 heteroatoms. The van der Waals surface area contributed by atoms with Crippen LogP contribution in [0, 0.1) is 10.1 Å². The number of unbranched alkanes of at least 4 members (excludes halogenated alkanes) is 1. The van der Waals surface area contributed by atoms with Crippen molar-refractivity contribution in [3.8, 4) is 0 Å². The molecule has 0 aliphatic rings. The van der Waals surface area contributed by atoms with Gasteiger partial charge in [-0.15, -0.1) is 0 Å². The van der Waals surface area contributed by atoms with E-state index in [-0.39, 0.29) is 18.2 Å². The van der Waals surface area contributed by atoms with Gasteiger partial charge in [0.2, 0.25) is 0 Å². The summed E-state index contributed by atoms with van der Waals surface area (Å²) in [5, 5.41) is 13.1. The predicted octanol–water partition coefficient (Wildman–Crippen LogP) is 3.30. The minimum Gasteiger partial charge on any atom is -0.347 e. The Morgan fingerprint density at radius 1 is 1.40 bits per heavy atom. The molecular formula is C14H19FN2O3. The van der Waals surface area contributed by atoms with E-state index in [1.165, 1.54) is 12.1 Å². The van der Waals surface area contributed by atoms with Crippen LogP contribution in [-0.4, -0.2) is 17.0 Å². The van der Waals surface area contributed by atoms with E-state index >= 15 is 0 Å². The molecule has 1 N–H and O–H groups in total. The first kappa shape index (κ1) is 16.1. The highest BCUT2D eigenvalue weighted by Gasteiger charge is 2.19. The minimum atomic E-state index is -1.50. The van der Waals surface area contributed by atoms with Crippen LogP contribution in [0.2, 0.25) is 0 Å². The summed E-state index contributed by atoms with van der Waals surface area (Å²) < 4.78 is 13.5. The molecule has 0 spiro atoms. The van der Waals surface area contributed by atoms with Crippen molar-refractivity contribution in [2.45, 2.75) is 45.3 Å². The zero-order chi connectivity index (χ0) is 15.1. The molecule has 0 aromatic heterocycles. The number of nitrogens with zero attached hydrogens (tertiary/aromatic N) is 1. The van der Waals surface area contributed by atoms with E-state index in [4.69, 9.17) is 0 Å². The van der Waals surface area contributed by atoms with E-state index < -0.39 is 17.0 Å². The van der Waals surface area contributed by atoms with Gasteiger partial charge in [0.05, 0.1) is 11.0 Å². The van der Waals surface area contributed by atoms with Gasteiger partial charge in [0, 0.05) is 12.1 Å². The number of nitrogens with one attached hydrogen (secondary N) is 1. The fraction of sp³-hybridized carbons (Fsp3) is 0.500. The van der Waals surface area contributed by atoms with Gasteiger partial charge in [0.1, 0.15) is 0 Å². The fourth-order valence-corrected chi connectivity index (χ4v) is 1.79. The molecular weight excluding hydrogens is 263 g/mol. The topological polar surface area (TPSA) is 72.2 Å². The molecule has 1 aromatic rings. The highest BCUT2D eigenvalue weighted by Crippen LogP contribution is 2.18. The second kappa shape index (κ2) is 7.57. The highest BCUT2D eigenvalue weighted by atomic mass is 19.1. The van der Waals surface area contributed by atoms with E-state index in [2.05, 4.69) is 5.32 Å². The molecule has 110 valence electrons. The molecule has 5 nitrogen and oxygen atoms in total. The van der Waals surface area contributed by atoms with E-state index in [9.17, 15) is 19.3 Å². The molecule has 0 aliphatic carbocycles. The predicted molar refractivity (Wildman–Crippen MR) is 74.1 cm³/mol. The lowest BCUT2D eigenvalue weighted by Crippen LogP contribution is -2.33. The quantitative estimate of drug-likeness (QED) is 0.616. The van der Waals surface area contributed by atoms with Crippen molar-refractivity contribution in [3.05, 3.63) is 39.9 Å². The van der Waals surface area contributed by atoms with Crippen molar-refractivity contribution in [1.82, 2.24) is 5.32 Å². The number of amides is 1. The number of alkyl halides is 1. The zero-order valence-electron chi connectivity index (χ0n) is 11.6. The van der Waals surface area contributed by atoms with E-state index in [1.807, 2.05) is 6.92 Å². The van der Waals surface area contributed by atoms with Crippen molar-refractivity contribution in [1.29, 1.82) is 0 Å². The molecule has 0 unspecified atom stereocenters. The second-order valence-electron chi connectivity index (χ2n) is 4.69. The number of hydrogen-bond donors (Lipinski definition) is 1. The first-order chi connectivity index (χ1) is 9.45. The van der Waals surface area contributed by atoms with Crippen LogP contribution < -0.4 is 5.32 Å². The van der Waals surface area contributed by atoms with Crippen LogP contribution in [0.5, 0.6) is 0 Å². The van der Waals surface area contributed by atoms with Gasteiger partial charge in [-0.25, -0.2) is 4.39 Å². The highest BCUT2D eigenvalue weighted by molar-refractivity contribution is 5.80. The number of benzene rings is 1. The van der Waals surface area contributed by atoms with E-state index in [0.717, 1.165) is 6.42 Å². The molecule has 0 radical (unpaired) electrons. The number of rotatable bonds is 7. The maximum absolute atomic E-state index is 13.5. The number of carbonyl (C=O) groups is 1. The van der Waals surface area contributed by atoms with Crippen molar-refractivity contribution in [3.63, 3.8) is 0 Å². The van der Waals surface area contributed by atoms with E-state index in [0.29, 0.717) is 12.0 Å². The molecule has 1 aromatic carbocycles. The lowest BCUT2D eigenvalue weighted by Gasteiger charge is -2.16. The van der Waals surface area contributed by atoms with Gasteiger partial charge in [-0.2, -0.15) is 0 Å². The van der Waals surface area contributed by atoms with Gasteiger partial charge in [0.25, 0.3) is 11.6 Å². The average Bonchev–Trinajstić information content (AvgIpc) is 2.44. The van der Waals surface area contributed by atoms with Crippen LogP contribution in [-0.2, 0) is 4.79 Å². The molecule has 0 bridgehead atoms. The van der Waals surface area contributed by atoms with Crippen molar-refractivity contribution in [2.75, 3.05) is 0 Å². The smallest absolute Gasteiger partial charge is 0.269 e. The van der Waals surface area contributed by atoms with E-state index in [1.54, 1.807) is 19.1 Å². The molecule has 1 amide bonds. The molecule has 0 aliphatic heterocycles. The summed E-state index contributed by atoms with van der Waals surface area (Å²) in [7, 11) is 0. The first-order valence-corrected chi connectivity index (χ1v) is 6.64. The van der Waals surface area contributed by atoms with Crippen LogP contribution >= 0.6 is 0 Å². The normalized spacial score (nSPS) is 13.6. The summed E-state index contributed by atoms with van der Waals surface area (Å²) in [6.07, 6.45) is 0.219. The van der Waals surface area contributed by atoms with Crippen LogP contribution in [0.1, 0.15) is 44.7 Å². The molecule has 0 heterocycles. The van der Waals surface area contributed by atoms with Gasteiger partial charge >= 0.3 is 0 Å². The third-order valence-electron chi connectivity index (χ3n) is 3.06. The number of halogens is 1. The van der Waals surface area contributed by atoms with Crippen molar-refractivity contribution < 1.29 is 14.1 Å². The minimum absolute atomic E-state index is 0.0152. The maximum atomic E-state index is 13.5. The summed E-state index contributed by atoms with van der Waals surface area (Å²) >= 11 is 0. The Hall–Kier alpha value is -1.98. The van der Waals surface area contributed by atoms with Gasteiger partial charge in [0.15, 0.2) is 6.17 Å². The zero-order valence-corrected chi connectivity index (χ0v) is 11.6. The summed E-state index contributed by atoms with van der Waals surface area (Å²) in [6, 6.07) is 5.46. The molecule has 0 saturated heterocycles. The number of non-ortho nitro benzene ring substituents is 1. The molecule has 1 rings (SSSR count). The lowest BCUT2D eigenvalue weighted by molar-refractivity contribution is -0.384. The summed E-state index contributed by atoms with van der Waals surface area (Å²) in [5.41, 5.74) is 0.685. The average molecular weight is 282 g/mol.